The van der Waals surface area contributed by atoms with Gasteiger partial charge < -0.3 is 10.2 Å². The van der Waals surface area contributed by atoms with Crippen molar-refractivity contribution in [1.29, 1.82) is 0 Å². The summed E-state index contributed by atoms with van der Waals surface area (Å²) in [6, 6.07) is 16.3. The Balaban J connectivity index is 1.38. The molecule has 1 N–H and O–H groups in total. The van der Waals surface area contributed by atoms with Gasteiger partial charge in [-0.05, 0) is 55.6 Å². The van der Waals surface area contributed by atoms with E-state index in [1.54, 1.807) is 0 Å². The van der Waals surface area contributed by atoms with E-state index in [1.165, 1.54) is 32.1 Å². The molecule has 1 saturated carbocycles. The van der Waals surface area contributed by atoms with Crippen LogP contribution in [0.5, 0.6) is 0 Å². The highest BCUT2D eigenvalue weighted by Gasteiger charge is 2.21. The molecule has 4 rings (SSSR count). The molecule has 0 bridgehead atoms. The van der Waals surface area contributed by atoms with Crippen LogP contribution < -0.4 is 5.32 Å². The molecule has 5 nitrogen and oxygen atoms in total. The lowest BCUT2D eigenvalue weighted by Gasteiger charge is -2.31. The molecule has 1 heterocycles. The Labute approximate surface area is 185 Å². The molecule has 1 saturated heterocycles. The number of nitrogens with zero attached hydrogens (tertiary/aromatic N) is 2. The number of likely N-dealkylation sites (tertiary alicyclic amines) is 1. The van der Waals surface area contributed by atoms with Crippen LogP contribution in [0.2, 0.25) is 0 Å². The van der Waals surface area contributed by atoms with E-state index >= 15 is 0 Å². The Morgan fingerprint density at radius 2 is 1.77 bits per heavy atom. The predicted molar refractivity (Wildman–Crippen MR) is 124 cm³/mol. The summed E-state index contributed by atoms with van der Waals surface area (Å²) < 4.78 is 0. The second-order valence-electron chi connectivity index (χ2n) is 8.93. The minimum atomic E-state index is -0.100. The van der Waals surface area contributed by atoms with Crippen LogP contribution in [-0.2, 0) is 17.9 Å². The van der Waals surface area contributed by atoms with Gasteiger partial charge in [-0.2, -0.15) is 0 Å². The summed E-state index contributed by atoms with van der Waals surface area (Å²) in [5.41, 5.74) is 3.71. The summed E-state index contributed by atoms with van der Waals surface area (Å²) in [7, 11) is 2.19. The summed E-state index contributed by atoms with van der Waals surface area (Å²) in [6.45, 7) is 2.29. The Bertz CT molecular complexity index is 903. The molecule has 1 aliphatic heterocycles. The summed E-state index contributed by atoms with van der Waals surface area (Å²) in [4.78, 5) is 29.0. The van der Waals surface area contributed by atoms with Crippen LogP contribution in [0.4, 0.5) is 5.69 Å². The number of carbonyl (C=O) groups excluding carboxylic acids is 2. The Morgan fingerprint density at radius 1 is 1.03 bits per heavy atom. The molecule has 0 unspecified atom stereocenters. The third kappa shape index (κ3) is 5.53. The van der Waals surface area contributed by atoms with Gasteiger partial charge in [0, 0.05) is 43.3 Å². The minimum absolute atomic E-state index is 0.100. The first-order chi connectivity index (χ1) is 15.1. The zero-order valence-electron chi connectivity index (χ0n) is 18.5. The normalized spacial score (nSPS) is 17.4. The lowest BCUT2D eigenvalue weighted by Crippen LogP contribution is -2.33. The van der Waals surface area contributed by atoms with E-state index in [-0.39, 0.29) is 11.8 Å². The molecular weight excluding hydrogens is 386 g/mol. The number of hydrogen-bond acceptors (Lipinski definition) is 3. The van der Waals surface area contributed by atoms with Crippen LogP contribution in [0.15, 0.2) is 48.5 Å². The fourth-order valence-electron chi connectivity index (χ4n) is 4.75. The standard InChI is InChI=1S/C26H33N3O2/c1-28(23-9-3-2-4-10-23)19-22-8-5-6-11-24(22)27-26(31)21-15-13-20(14-16-21)18-29-17-7-12-25(29)30/h5-6,8,11,13-16,23H,2-4,7,9-10,12,17-19H2,1H3,(H,27,31). The number of carbonyl (C=O) groups is 2. The second-order valence-corrected chi connectivity index (χ2v) is 8.93. The lowest BCUT2D eigenvalue weighted by atomic mass is 9.94. The van der Waals surface area contributed by atoms with Crippen LogP contribution in [-0.4, -0.2) is 41.2 Å². The molecule has 164 valence electrons. The first-order valence-corrected chi connectivity index (χ1v) is 11.6. The van der Waals surface area contributed by atoms with E-state index in [0.717, 1.165) is 36.3 Å². The Hall–Kier alpha value is -2.66. The average molecular weight is 420 g/mol. The highest BCUT2D eigenvalue weighted by molar-refractivity contribution is 6.04. The van der Waals surface area contributed by atoms with Gasteiger partial charge in [-0.15, -0.1) is 0 Å². The van der Waals surface area contributed by atoms with Crippen LogP contribution in [0.25, 0.3) is 0 Å². The van der Waals surface area contributed by atoms with E-state index in [9.17, 15) is 9.59 Å². The molecule has 0 aromatic heterocycles. The van der Waals surface area contributed by atoms with Crippen molar-refractivity contribution < 1.29 is 9.59 Å². The number of rotatable bonds is 7. The molecule has 0 atom stereocenters. The maximum atomic E-state index is 12.9. The number of anilines is 1. The number of para-hydroxylation sites is 1. The van der Waals surface area contributed by atoms with Gasteiger partial charge in [0.15, 0.2) is 0 Å². The molecular formula is C26H33N3O2. The van der Waals surface area contributed by atoms with Crippen molar-refractivity contribution >= 4 is 17.5 Å². The van der Waals surface area contributed by atoms with Gasteiger partial charge in [0.2, 0.25) is 5.91 Å². The number of benzene rings is 2. The van der Waals surface area contributed by atoms with E-state index < -0.39 is 0 Å². The fraction of sp³-hybridized carbons (Fsp3) is 0.462. The summed E-state index contributed by atoms with van der Waals surface area (Å²) in [5, 5.41) is 3.10. The van der Waals surface area contributed by atoms with Crippen LogP contribution in [0, 0.1) is 0 Å². The predicted octanol–water partition coefficient (Wildman–Crippen LogP) is 4.83. The monoisotopic (exact) mass is 419 g/mol. The van der Waals surface area contributed by atoms with Gasteiger partial charge in [0.1, 0.15) is 0 Å². The lowest BCUT2D eigenvalue weighted by molar-refractivity contribution is -0.128. The fourth-order valence-corrected chi connectivity index (χ4v) is 4.75. The molecule has 0 spiro atoms. The maximum absolute atomic E-state index is 12.9. The van der Waals surface area contributed by atoms with Gasteiger partial charge in [-0.25, -0.2) is 0 Å². The third-order valence-electron chi connectivity index (χ3n) is 6.64. The molecule has 2 aromatic carbocycles. The average Bonchev–Trinajstić information content (AvgIpc) is 3.20. The number of hydrogen-bond donors (Lipinski definition) is 1. The van der Waals surface area contributed by atoms with Crippen LogP contribution in [0.3, 0.4) is 0 Å². The zero-order chi connectivity index (χ0) is 21.6. The van der Waals surface area contributed by atoms with Crippen LogP contribution >= 0.6 is 0 Å². The van der Waals surface area contributed by atoms with Crippen molar-refractivity contribution in [3.8, 4) is 0 Å². The summed E-state index contributed by atoms with van der Waals surface area (Å²) in [6.07, 6.45) is 8.10. The third-order valence-corrected chi connectivity index (χ3v) is 6.64. The molecule has 0 radical (unpaired) electrons. The highest BCUT2D eigenvalue weighted by Crippen LogP contribution is 2.25. The van der Waals surface area contributed by atoms with E-state index in [4.69, 9.17) is 0 Å². The molecule has 2 aromatic rings. The van der Waals surface area contributed by atoms with Gasteiger partial charge in [-0.1, -0.05) is 49.6 Å². The zero-order valence-corrected chi connectivity index (χ0v) is 18.5. The summed E-state index contributed by atoms with van der Waals surface area (Å²) in [5.74, 6) is 0.119. The van der Waals surface area contributed by atoms with Gasteiger partial charge in [0.25, 0.3) is 5.91 Å². The van der Waals surface area contributed by atoms with Crippen LogP contribution in [0.1, 0.15) is 66.4 Å². The van der Waals surface area contributed by atoms with Crippen molar-refractivity contribution in [3.63, 3.8) is 0 Å². The van der Waals surface area contributed by atoms with E-state index in [0.29, 0.717) is 24.6 Å². The van der Waals surface area contributed by atoms with Crippen molar-refractivity contribution in [1.82, 2.24) is 9.80 Å². The van der Waals surface area contributed by atoms with Crippen molar-refractivity contribution in [2.75, 3.05) is 18.9 Å². The molecule has 1 aliphatic carbocycles. The van der Waals surface area contributed by atoms with E-state index in [1.807, 2.05) is 47.4 Å². The highest BCUT2D eigenvalue weighted by atomic mass is 16.2. The molecule has 5 heteroatoms. The first-order valence-electron chi connectivity index (χ1n) is 11.6. The van der Waals surface area contributed by atoms with Gasteiger partial charge in [0.05, 0.1) is 0 Å². The Morgan fingerprint density at radius 3 is 2.48 bits per heavy atom. The quantitative estimate of drug-likeness (QED) is 0.700. The molecule has 2 aliphatic rings. The SMILES string of the molecule is CN(Cc1ccccc1NC(=O)c1ccc(CN2CCCC2=O)cc1)C1CCCCC1. The molecule has 31 heavy (non-hydrogen) atoms. The van der Waals surface area contributed by atoms with Gasteiger partial charge >= 0.3 is 0 Å². The maximum Gasteiger partial charge on any atom is 0.255 e. The largest absolute Gasteiger partial charge is 0.338 e. The Kier molecular flexibility index (Phi) is 7.03. The second kappa shape index (κ2) is 10.1. The minimum Gasteiger partial charge on any atom is -0.338 e. The topological polar surface area (TPSA) is 52.7 Å². The molecule has 2 fully saturated rings. The van der Waals surface area contributed by atoms with Crippen molar-refractivity contribution in [2.24, 2.45) is 0 Å². The summed E-state index contributed by atoms with van der Waals surface area (Å²) >= 11 is 0. The van der Waals surface area contributed by atoms with Crippen molar-refractivity contribution in [2.45, 2.75) is 64.1 Å². The number of amides is 2. The number of nitrogens with one attached hydrogen (secondary N) is 1. The smallest absolute Gasteiger partial charge is 0.255 e. The first kappa shape index (κ1) is 21.6. The van der Waals surface area contributed by atoms with E-state index in [2.05, 4.69) is 23.3 Å². The molecule has 2 amide bonds. The van der Waals surface area contributed by atoms with Crippen molar-refractivity contribution in [3.05, 3.63) is 65.2 Å². The van der Waals surface area contributed by atoms with Gasteiger partial charge in [-0.3, -0.25) is 14.5 Å².